The third-order valence-corrected chi connectivity index (χ3v) is 4.36. The van der Waals surface area contributed by atoms with Crippen LogP contribution in [0.25, 0.3) is 0 Å². The van der Waals surface area contributed by atoms with Gasteiger partial charge in [0.05, 0.1) is 0 Å². The van der Waals surface area contributed by atoms with Crippen molar-refractivity contribution in [3.8, 4) is 0 Å². The molecule has 2 aliphatic carbocycles. The van der Waals surface area contributed by atoms with Gasteiger partial charge in [-0.15, -0.1) is 0 Å². The minimum absolute atomic E-state index is 0.135. The molecule has 2 fully saturated rings. The summed E-state index contributed by atoms with van der Waals surface area (Å²) in [5.41, 5.74) is 2.25. The minimum Gasteiger partial charge on any atom is -0.319 e. The van der Waals surface area contributed by atoms with Crippen LogP contribution < -0.4 is 5.32 Å². The highest BCUT2D eigenvalue weighted by Gasteiger charge is 2.60. The standard InChI is InChI=1S/C14H18FN/c1-16-10-14(8-13(9-14)6-7-13)11-2-4-12(15)5-3-11/h2-5,16H,6-10H2,1H3. The van der Waals surface area contributed by atoms with Crippen LogP contribution in [0.3, 0.4) is 0 Å². The maximum atomic E-state index is 12.9. The fraction of sp³-hybridized carbons (Fsp3) is 0.571. The third-order valence-electron chi connectivity index (χ3n) is 4.36. The summed E-state index contributed by atoms with van der Waals surface area (Å²) in [6.07, 6.45) is 5.37. The Morgan fingerprint density at radius 1 is 1.19 bits per heavy atom. The van der Waals surface area contributed by atoms with Crippen molar-refractivity contribution in [1.82, 2.24) is 5.32 Å². The predicted molar refractivity (Wildman–Crippen MR) is 62.9 cm³/mol. The fourth-order valence-electron chi connectivity index (χ4n) is 3.49. The van der Waals surface area contributed by atoms with Gasteiger partial charge in [-0.05, 0) is 55.8 Å². The van der Waals surface area contributed by atoms with Crippen molar-refractivity contribution in [2.75, 3.05) is 13.6 Å². The molecule has 1 aromatic carbocycles. The monoisotopic (exact) mass is 219 g/mol. The van der Waals surface area contributed by atoms with Crippen molar-refractivity contribution >= 4 is 0 Å². The lowest BCUT2D eigenvalue weighted by atomic mass is 9.56. The van der Waals surface area contributed by atoms with Crippen LogP contribution in [0.2, 0.25) is 0 Å². The van der Waals surface area contributed by atoms with Gasteiger partial charge in [-0.1, -0.05) is 12.1 Å². The molecular formula is C14H18FN. The Balaban J connectivity index is 1.86. The highest BCUT2D eigenvalue weighted by molar-refractivity contribution is 5.33. The molecule has 86 valence electrons. The van der Waals surface area contributed by atoms with Crippen molar-refractivity contribution in [2.45, 2.75) is 31.1 Å². The Kier molecular flexibility index (Phi) is 2.12. The van der Waals surface area contributed by atoms with Crippen LogP contribution in [0.15, 0.2) is 24.3 Å². The number of hydrogen-bond donors (Lipinski definition) is 1. The molecule has 1 spiro atoms. The molecule has 2 aliphatic rings. The molecule has 0 aromatic heterocycles. The van der Waals surface area contributed by atoms with E-state index in [1.54, 1.807) is 12.1 Å². The molecule has 1 aromatic rings. The van der Waals surface area contributed by atoms with Gasteiger partial charge in [-0.25, -0.2) is 4.39 Å². The Morgan fingerprint density at radius 3 is 2.31 bits per heavy atom. The summed E-state index contributed by atoms with van der Waals surface area (Å²) in [4.78, 5) is 0. The van der Waals surface area contributed by atoms with Crippen molar-refractivity contribution < 1.29 is 4.39 Å². The van der Waals surface area contributed by atoms with Crippen LogP contribution in [0.1, 0.15) is 31.2 Å². The number of nitrogens with one attached hydrogen (secondary N) is 1. The topological polar surface area (TPSA) is 12.0 Å². The summed E-state index contributed by atoms with van der Waals surface area (Å²) in [5, 5.41) is 3.30. The lowest BCUT2D eigenvalue weighted by Gasteiger charge is -2.49. The highest BCUT2D eigenvalue weighted by atomic mass is 19.1. The molecule has 0 atom stereocenters. The largest absolute Gasteiger partial charge is 0.319 e. The Labute approximate surface area is 96.1 Å². The van der Waals surface area contributed by atoms with Crippen molar-refractivity contribution in [3.63, 3.8) is 0 Å². The zero-order valence-electron chi connectivity index (χ0n) is 9.72. The molecule has 0 bridgehead atoms. The summed E-state index contributed by atoms with van der Waals surface area (Å²) in [5.74, 6) is -0.135. The molecule has 3 rings (SSSR count). The molecule has 0 heterocycles. The van der Waals surface area contributed by atoms with Gasteiger partial charge in [0.2, 0.25) is 0 Å². The van der Waals surface area contributed by atoms with E-state index in [1.807, 2.05) is 19.2 Å². The first-order valence-corrected chi connectivity index (χ1v) is 6.09. The van der Waals surface area contributed by atoms with E-state index < -0.39 is 0 Å². The van der Waals surface area contributed by atoms with Gasteiger partial charge < -0.3 is 5.32 Å². The molecular weight excluding hydrogens is 201 g/mol. The van der Waals surface area contributed by atoms with Gasteiger partial charge in [0.15, 0.2) is 0 Å². The summed E-state index contributed by atoms with van der Waals surface area (Å²) in [7, 11) is 2.00. The molecule has 1 N–H and O–H groups in total. The molecule has 0 saturated heterocycles. The van der Waals surface area contributed by atoms with Crippen molar-refractivity contribution in [1.29, 1.82) is 0 Å². The minimum atomic E-state index is -0.135. The molecule has 0 aliphatic heterocycles. The molecule has 0 unspecified atom stereocenters. The Bertz CT molecular complexity index is 384. The summed E-state index contributed by atoms with van der Waals surface area (Å²) in [6.45, 7) is 1.01. The van der Waals surface area contributed by atoms with Gasteiger partial charge in [-0.2, -0.15) is 0 Å². The number of halogens is 1. The zero-order chi connectivity index (χ0) is 11.2. The number of hydrogen-bond acceptors (Lipinski definition) is 1. The summed E-state index contributed by atoms with van der Waals surface area (Å²) >= 11 is 0. The lowest BCUT2D eigenvalue weighted by Crippen LogP contribution is -2.49. The second-order valence-corrected chi connectivity index (χ2v) is 5.67. The normalized spacial score (nSPS) is 24.1. The molecule has 2 heteroatoms. The molecule has 2 saturated carbocycles. The average molecular weight is 219 g/mol. The third kappa shape index (κ3) is 1.47. The quantitative estimate of drug-likeness (QED) is 0.824. The first-order valence-electron chi connectivity index (χ1n) is 6.09. The van der Waals surface area contributed by atoms with E-state index in [2.05, 4.69) is 5.32 Å². The van der Waals surface area contributed by atoms with E-state index >= 15 is 0 Å². The highest BCUT2D eigenvalue weighted by Crippen LogP contribution is 2.68. The molecule has 16 heavy (non-hydrogen) atoms. The van der Waals surface area contributed by atoms with E-state index in [0.717, 1.165) is 6.54 Å². The van der Waals surface area contributed by atoms with E-state index in [9.17, 15) is 4.39 Å². The number of benzene rings is 1. The van der Waals surface area contributed by atoms with Gasteiger partial charge >= 0.3 is 0 Å². The summed E-state index contributed by atoms with van der Waals surface area (Å²) < 4.78 is 12.9. The van der Waals surface area contributed by atoms with Gasteiger partial charge in [0.25, 0.3) is 0 Å². The van der Waals surface area contributed by atoms with Crippen LogP contribution in [-0.4, -0.2) is 13.6 Å². The van der Waals surface area contributed by atoms with Crippen LogP contribution in [0.4, 0.5) is 4.39 Å². The maximum absolute atomic E-state index is 12.9. The average Bonchev–Trinajstić information content (AvgIpc) is 2.98. The molecule has 0 amide bonds. The zero-order valence-corrected chi connectivity index (χ0v) is 9.72. The van der Waals surface area contributed by atoms with Crippen LogP contribution in [0.5, 0.6) is 0 Å². The molecule has 1 nitrogen and oxygen atoms in total. The molecule has 0 radical (unpaired) electrons. The number of rotatable bonds is 3. The van der Waals surface area contributed by atoms with Gasteiger partial charge in [0.1, 0.15) is 5.82 Å². The lowest BCUT2D eigenvalue weighted by molar-refractivity contribution is 0.118. The van der Waals surface area contributed by atoms with Crippen molar-refractivity contribution in [2.24, 2.45) is 5.41 Å². The Morgan fingerprint density at radius 2 is 1.81 bits per heavy atom. The predicted octanol–water partition coefficient (Wildman–Crippen LogP) is 2.86. The SMILES string of the molecule is CNCC1(c2ccc(F)cc2)CC2(CC2)C1. The van der Waals surface area contributed by atoms with E-state index in [4.69, 9.17) is 0 Å². The van der Waals surface area contributed by atoms with E-state index in [0.29, 0.717) is 5.41 Å². The number of likely N-dealkylation sites (N-methyl/N-ethyl adjacent to an activating group) is 1. The van der Waals surface area contributed by atoms with Gasteiger partial charge in [0, 0.05) is 12.0 Å². The maximum Gasteiger partial charge on any atom is 0.123 e. The van der Waals surface area contributed by atoms with Crippen LogP contribution in [0, 0.1) is 11.2 Å². The second-order valence-electron chi connectivity index (χ2n) is 5.67. The van der Waals surface area contributed by atoms with Crippen molar-refractivity contribution in [3.05, 3.63) is 35.6 Å². The fourth-order valence-corrected chi connectivity index (χ4v) is 3.49. The van der Waals surface area contributed by atoms with E-state index in [1.165, 1.54) is 31.2 Å². The Hall–Kier alpha value is -0.890. The second kappa shape index (κ2) is 3.30. The van der Waals surface area contributed by atoms with E-state index in [-0.39, 0.29) is 11.2 Å². The smallest absolute Gasteiger partial charge is 0.123 e. The summed E-state index contributed by atoms with van der Waals surface area (Å²) in [6, 6.07) is 7.10. The van der Waals surface area contributed by atoms with Crippen LogP contribution in [-0.2, 0) is 5.41 Å². The van der Waals surface area contributed by atoms with Crippen LogP contribution >= 0.6 is 0 Å². The first-order chi connectivity index (χ1) is 7.68. The van der Waals surface area contributed by atoms with Gasteiger partial charge in [-0.3, -0.25) is 0 Å². The first kappa shape index (κ1) is 10.3.